The van der Waals surface area contributed by atoms with E-state index >= 15 is 0 Å². The highest BCUT2D eigenvalue weighted by Crippen LogP contribution is 2.66. The zero-order valence-corrected chi connectivity index (χ0v) is 17.8. The molecule has 0 aromatic heterocycles. The maximum atomic E-state index is 11.7. The molecule has 4 unspecified atom stereocenters. The molecule has 33 heavy (non-hydrogen) atoms. The molecule has 8 rings (SSSR count). The first kappa shape index (κ1) is 19.0. The molecule has 2 bridgehead atoms. The fourth-order valence-electron chi connectivity index (χ4n) is 6.31. The lowest BCUT2D eigenvalue weighted by atomic mass is 9.49. The molecule has 164 valence electrons. The Morgan fingerprint density at radius 1 is 0.879 bits per heavy atom. The number of phenolic OH excluding ortho intramolecular Hbond substituents is 1. The summed E-state index contributed by atoms with van der Waals surface area (Å²) in [6.07, 6.45) is 16.9. The summed E-state index contributed by atoms with van der Waals surface area (Å²) in [4.78, 5) is 28.9. The predicted octanol–water partition coefficient (Wildman–Crippen LogP) is 4.64. The molecule has 1 saturated carbocycles. The number of nitrogens with zero attached hydrogens (tertiary/aromatic N) is 1. The number of phenols is 1. The highest BCUT2D eigenvalue weighted by Gasteiger charge is 2.69. The maximum Gasteiger partial charge on any atom is 0.182 e. The van der Waals surface area contributed by atoms with Crippen molar-refractivity contribution in [3.05, 3.63) is 94.7 Å². The van der Waals surface area contributed by atoms with E-state index < -0.39 is 11.2 Å². The zero-order valence-electron chi connectivity index (χ0n) is 17.8. The van der Waals surface area contributed by atoms with Gasteiger partial charge in [0.15, 0.2) is 16.8 Å². The van der Waals surface area contributed by atoms with Crippen LogP contribution in [-0.2, 0) is 15.4 Å². The molecule has 4 aliphatic carbocycles. The first-order valence-corrected chi connectivity index (χ1v) is 11.2. The number of benzene rings is 2. The molecule has 6 nitrogen and oxygen atoms in total. The normalized spacial score (nSPS) is 35.8. The summed E-state index contributed by atoms with van der Waals surface area (Å²) in [5.41, 5.74) is 0.541. The van der Waals surface area contributed by atoms with E-state index in [1.54, 1.807) is 12.1 Å². The molecule has 0 radical (unpaired) electrons. The van der Waals surface area contributed by atoms with Crippen LogP contribution in [0.25, 0.3) is 22.6 Å². The van der Waals surface area contributed by atoms with E-state index in [0.717, 1.165) is 0 Å². The first-order chi connectivity index (χ1) is 16.0. The van der Waals surface area contributed by atoms with E-state index in [9.17, 15) is 9.90 Å². The molecule has 2 saturated heterocycles. The third-order valence-corrected chi connectivity index (χ3v) is 7.83. The Bertz CT molecular complexity index is 1420. The molecule has 4 atom stereocenters. The van der Waals surface area contributed by atoms with Crippen LogP contribution in [-0.4, -0.2) is 15.7 Å². The molecule has 3 aliphatic heterocycles. The number of fused-ring (bicyclic) bond motifs is 3. The average Bonchev–Trinajstić information content (AvgIpc) is 2.83. The Hall–Kier alpha value is -3.48. The third kappa shape index (κ3) is 2.34. The van der Waals surface area contributed by atoms with E-state index in [0.29, 0.717) is 28.1 Å². The lowest BCUT2D eigenvalue weighted by Crippen LogP contribution is -2.69. The van der Waals surface area contributed by atoms with Crippen molar-refractivity contribution in [1.29, 1.82) is 0 Å². The molecule has 3 heterocycles. The van der Waals surface area contributed by atoms with Crippen molar-refractivity contribution in [3.8, 4) is 17.2 Å². The van der Waals surface area contributed by atoms with Crippen molar-refractivity contribution in [2.75, 3.05) is 0 Å². The molecule has 1 N–H and O–H groups in total. The number of aromatic hydroxyl groups is 1. The molecular weight excluding hydrogens is 418 g/mol. The summed E-state index contributed by atoms with van der Waals surface area (Å²) in [7, 11) is 0. The van der Waals surface area contributed by atoms with Crippen molar-refractivity contribution in [3.63, 3.8) is 0 Å². The summed E-state index contributed by atoms with van der Waals surface area (Å²) < 4.78 is 5.91. The molecule has 1 aromatic rings. The van der Waals surface area contributed by atoms with Gasteiger partial charge in [0.1, 0.15) is 28.2 Å². The zero-order chi connectivity index (χ0) is 22.4. The van der Waals surface area contributed by atoms with Crippen molar-refractivity contribution in [1.82, 2.24) is 4.98 Å². The van der Waals surface area contributed by atoms with E-state index in [1.807, 2.05) is 18.2 Å². The summed E-state index contributed by atoms with van der Waals surface area (Å²) in [6, 6.07) is 7.91. The Kier molecular flexibility index (Phi) is 3.64. The van der Waals surface area contributed by atoms with Gasteiger partial charge in [-0.15, -0.1) is 0 Å². The molecule has 7 aliphatic rings. The molecule has 3 fully saturated rings. The van der Waals surface area contributed by atoms with Gasteiger partial charge in [-0.1, -0.05) is 48.6 Å². The second-order valence-electron chi connectivity index (χ2n) is 9.47. The minimum absolute atomic E-state index is 0.0394. The van der Waals surface area contributed by atoms with Crippen LogP contribution >= 0.6 is 0 Å². The largest absolute Gasteiger partial charge is 0.507 e. The van der Waals surface area contributed by atoms with E-state index in [1.165, 1.54) is 12.1 Å². The highest BCUT2D eigenvalue weighted by atomic mass is 17.2. The van der Waals surface area contributed by atoms with Crippen LogP contribution in [0.15, 0.2) is 88.2 Å². The van der Waals surface area contributed by atoms with Gasteiger partial charge < -0.3 is 9.52 Å². The number of allylic oxidation sites excluding steroid dienone is 4. The maximum absolute atomic E-state index is 11.7. The van der Waals surface area contributed by atoms with E-state index in [2.05, 4.69) is 43.4 Å². The SMILES string of the molecule is CC12OOC(c3cc4nc5ccc(=O)cc-5oc4cc3O)(C3C=CC=CC31)C1C=CC=CC12. The van der Waals surface area contributed by atoms with Gasteiger partial charge >= 0.3 is 0 Å². The topological polar surface area (TPSA) is 81.8 Å². The Morgan fingerprint density at radius 3 is 2.24 bits per heavy atom. The van der Waals surface area contributed by atoms with Crippen molar-refractivity contribution in [2.24, 2.45) is 23.7 Å². The first-order valence-electron chi connectivity index (χ1n) is 11.2. The van der Waals surface area contributed by atoms with Gasteiger partial charge in [-0.2, -0.15) is 0 Å². The monoisotopic (exact) mass is 439 g/mol. The van der Waals surface area contributed by atoms with Gasteiger partial charge in [0.2, 0.25) is 0 Å². The Balaban J connectivity index is 1.50. The fourth-order valence-corrected chi connectivity index (χ4v) is 6.31. The number of hydrogen-bond acceptors (Lipinski definition) is 6. The van der Waals surface area contributed by atoms with Gasteiger partial charge in [-0.05, 0) is 25.1 Å². The van der Waals surface area contributed by atoms with E-state index in [4.69, 9.17) is 19.2 Å². The lowest BCUT2D eigenvalue weighted by Gasteiger charge is -2.64. The number of rotatable bonds is 1. The summed E-state index contributed by atoms with van der Waals surface area (Å²) in [5.74, 6) is 0.502. The molecule has 0 spiro atoms. The molecule has 1 aromatic carbocycles. The molecule has 0 amide bonds. The van der Waals surface area contributed by atoms with Gasteiger partial charge in [0.05, 0.1) is 0 Å². The van der Waals surface area contributed by atoms with Crippen LogP contribution in [0.1, 0.15) is 12.5 Å². The van der Waals surface area contributed by atoms with Crippen LogP contribution in [0.4, 0.5) is 0 Å². The third-order valence-electron chi connectivity index (χ3n) is 7.83. The van der Waals surface area contributed by atoms with E-state index in [-0.39, 0.29) is 34.8 Å². The van der Waals surface area contributed by atoms with Gasteiger partial charge in [-0.25, -0.2) is 14.8 Å². The lowest BCUT2D eigenvalue weighted by molar-refractivity contribution is -0.511. The second-order valence-corrected chi connectivity index (χ2v) is 9.47. The van der Waals surface area contributed by atoms with Gasteiger partial charge in [0, 0.05) is 41.4 Å². The Labute approximate surface area is 189 Å². The standard InChI is InChI=1S/C27H21NO5/c1-26-16-6-2-4-8-18(16)27(33-32-26,19-9-5-3-7-17(19)26)20-13-22-25(14-23(20)30)31-24-12-15(29)10-11-21(24)28-22/h2-14,16-19,30H,1H3. The van der Waals surface area contributed by atoms with Crippen LogP contribution in [0.5, 0.6) is 5.75 Å². The minimum atomic E-state index is -0.941. The van der Waals surface area contributed by atoms with Crippen LogP contribution in [0.3, 0.4) is 0 Å². The average molecular weight is 439 g/mol. The smallest absolute Gasteiger partial charge is 0.182 e. The van der Waals surface area contributed by atoms with Crippen molar-refractivity contribution >= 4 is 11.1 Å². The van der Waals surface area contributed by atoms with Crippen molar-refractivity contribution in [2.45, 2.75) is 18.1 Å². The quantitative estimate of drug-likeness (QED) is 0.439. The number of hydrogen-bond donors (Lipinski definition) is 1. The van der Waals surface area contributed by atoms with Crippen molar-refractivity contribution < 1.29 is 19.3 Å². The van der Waals surface area contributed by atoms with Gasteiger partial charge in [0.25, 0.3) is 0 Å². The second kappa shape index (κ2) is 6.31. The molecular formula is C27H21NO5. The summed E-state index contributed by atoms with van der Waals surface area (Å²) in [6.45, 7) is 2.11. The molecule has 6 heteroatoms. The van der Waals surface area contributed by atoms with Crippen LogP contribution in [0.2, 0.25) is 0 Å². The predicted molar refractivity (Wildman–Crippen MR) is 121 cm³/mol. The number of aromatic nitrogens is 1. The van der Waals surface area contributed by atoms with Gasteiger partial charge in [-0.3, -0.25) is 4.79 Å². The highest BCUT2D eigenvalue weighted by molar-refractivity contribution is 5.79. The summed E-state index contributed by atoms with van der Waals surface area (Å²) in [5, 5.41) is 11.3. The minimum Gasteiger partial charge on any atom is -0.507 e. The van der Waals surface area contributed by atoms with Crippen LogP contribution in [0, 0.1) is 23.7 Å². The fraction of sp³-hybridized carbons (Fsp3) is 0.259. The summed E-state index contributed by atoms with van der Waals surface area (Å²) >= 11 is 0. The van der Waals surface area contributed by atoms with Crippen LogP contribution < -0.4 is 5.43 Å². The Morgan fingerprint density at radius 2 is 1.55 bits per heavy atom.